The Morgan fingerprint density at radius 1 is 1.33 bits per heavy atom. The average molecular weight is 283 g/mol. The molecule has 21 heavy (non-hydrogen) atoms. The van der Waals surface area contributed by atoms with E-state index in [4.69, 9.17) is 4.74 Å². The van der Waals surface area contributed by atoms with Crippen LogP contribution in [0, 0.1) is 12.8 Å². The lowest BCUT2D eigenvalue weighted by atomic mass is 9.53. The Bertz CT molecular complexity index is 667. The maximum atomic E-state index is 10.5. The van der Waals surface area contributed by atoms with Crippen LogP contribution in [0.5, 0.6) is 5.75 Å². The van der Waals surface area contributed by atoms with Gasteiger partial charge in [-0.3, -0.25) is 0 Å². The van der Waals surface area contributed by atoms with Crippen molar-refractivity contribution >= 4 is 0 Å². The van der Waals surface area contributed by atoms with Crippen molar-refractivity contribution in [2.75, 3.05) is 13.6 Å². The van der Waals surface area contributed by atoms with Gasteiger partial charge < -0.3 is 14.7 Å². The monoisotopic (exact) mass is 283 g/mol. The lowest BCUT2D eigenvalue weighted by molar-refractivity contribution is -0.0451. The number of aliphatic hydroxyl groups excluding tert-OH is 1. The maximum Gasteiger partial charge on any atom is 0.138 e. The van der Waals surface area contributed by atoms with Gasteiger partial charge in [0.1, 0.15) is 18.0 Å². The SMILES string of the molecule is Cc1ccc2c3c1OC1[C@@H](O)C=C[C@H]4C(C2)N(C)CC[C@]314. The molecule has 0 radical (unpaired) electrons. The molecule has 1 aromatic carbocycles. The third-order valence-electron chi connectivity index (χ3n) is 6.37. The van der Waals surface area contributed by atoms with Crippen molar-refractivity contribution in [2.24, 2.45) is 5.92 Å². The normalized spacial score (nSPS) is 42.6. The molecule has 5 rings (SSSR count). The van der Waals surface area contributed by atoms with E-state index in [1.165, 1.54) is 16.7 Å². The molecule has 2 bridgehead atoms. The summed E-state index contributed by atoms with van der Waals surface area (Å²) in [6.07, 6.45) is 5.83. The summed E-state index contributed by atoms with van der Waals surface area (Å²) in [4.78, 5) is 2.50. The molecule has 2 aliphatic carbocycles. The third-order valence-corrected chi connectivity index (χ3v) is 6.37. The van der Waals surface area contributed by atoms with Crippen molar-refractivity contribution in [1.29, 1.82) is 0 Å². The van der Waals surface area contributed by atoms with Crippen molar-refractivity contribution in [3.05, 3.63) is 41.0 Å². The number of aryl methyl sites for hydroxylation is 1. The summed E-state index contributed by atoms with van der Waals surface area (Å²) in [7, 11) is 2.24. The van der Waals surface area contributed by atoms with Gasteiger partial charge >= 0.3 is 0 Å². The van der Waals surface area contributed by atoms with Gasteiger partial charge in [-0.15, -0.1) is 0 Å². The highest BCUT2D eigenvalue weighted by atomic mass is 16.5. The van der Waals surface area contributed by atoms with E-state index in [1.54, 1.807) is 0 Å². The van der Waals surface area contributed by atoms with Gasteiger partial charge in [0.05, 0.1) is 0 Å². The number of piperidine rings is 1. The molecule has 2 aliphatic heterocycles. The molecule has 0 amide bonds. The highest BCUT2D eigenvalue weighted by molar-refractivity contribution is 5.59. The molecule has 110 valence electrons. The molecule has 3 heteroatoms. The van der Waals surface area contributed by atoms with E-state index in [0.29, 0.717) is 12.0 Å². The van der Waals surface area contributed by atoms with Crippen LogP contribution in [-0.2, 0) is 11.8 Å². The number of hydrogen-bond donors (Lipinski definition) is 1. The van der Waals surface area contributed by atoms with Crippen molar-refractivity contribution in [3.63, 3.8) is 0 Å². The van der Waals surface area contributed by atoms with E-state index in [9.17, 15) is 5.11 Å². The predicted octanol–water partition coefficient (Wildman–Crippen LogP) is 1.80. The highest BCUT2D eigenvalue weighted by Crippen LogP contribution is 2.61. The summed E-state index contributed by atoms with van der Waals surface area (Å²) in [5.74, 6) is 1.54. The Hall–Kier alpha value is -1.32. The van der Waals surface area contributed by atoms with E-state index in [-0.39, 0.29) is 11.5 Å². The average Bonchev–Trinajstić information content (AvgIpc) is 2.83. The number of rotatable bonds is 0. The maximum absolute atomic E-state index is 10.5. The van der Waals surface area contributed by atoms with E-state index in [1.807, 2.05) is 6.08 Å². The van der Waals surface area contributed by atoms with Gasteiger partial charge in [0.25, 0.3) is 0 Å². The minimum Gasteiger partial charge on any atom is -0.486 e. The molecule has 2 heterocycles. The minimum atomic E-state index is -0.483. The quantitative estimate of drug-likeness (QED) is 0.737. The lowest BCUT2D eigenvalue weighted by Crippen LogP contribution is -2.64. The van der Waals surface area contributed by atoms with Crippen LogP contribution in [0.1, 0.15) is 23.1 Å². The molecule has 4 aliphatic rings. The van der Waals surface area contributed by atoms with Gasteiger partial charge in [0, 0.05) is 22.9 Å². The fourth-order valence-electron chi connectivity index (χ4n) is 5.39. The van der Waals surface area contributed by atoms with Crippen molar-refractivity contribution in [3.8, 4) is 5.75 Å². The number of hydrogen-bond acceptors (Lipinski definition) is 3. The van der Waals surface area contributed by atoms with Gasteiger partial charge in [0.15, 0.2) is 0 Å². The van der Waals surface area contributed by atoms with Crippen molar-refractivity contribution in [1.82, 2.24) is 4.90 Å². The molecule has 1 spiro atoms. The van der Waals surface area contributed by atoms with Crippen LogP contribution in [0.25, 0.3) is 0 Å². The van der Waals surface area contributed by atoms with Crippen LogP contribution in [0.15, 0.2) is 24.3 Å². The summed E-state index contributed by atoms with van der Waals surface area (Å²) < 4.78 is 6.34. The minimum absolute atomic E-state index is 0.000278. The van der Waals surface area contributed by atoms with E-state index < -0.39 is 6.10 Å². The summed E-state index contributed by atoms with van der Waals surface area (Å²) in [6.45, 7) is 3.22. The van der Waals surface area contributed by atoms with Crippen LogP contribution in [0.4, 0.5) is 0 Å². The standard InChI is InChI=1S/C18H21NO2/c1-10-3-4-11-9-13-12-5-6-14(20)17-18(12,7-8-19(13)2)15(11)16(10)21-17/h3-6,12-14,17,20H,7-9H2,1-2H3/t12-,13?,14-,17?,18-/m0/s1. The second-order valence-corrected chi connectivity index (χ2v) is 7.23. The molecule has 0 aromatic heterocycles. The Labute approximate surface area is 125 Å². The predicted molar refractivity (Wildman–Crippen MR) is 80.6 cm³/mol. The molecule has 3 nitrogen and oxygen atoms in total. The number of benzene rings is 1. The second kappa shape index (κ2) is 3.71. The van der Waals surface area contributed by atoms with Crippen LogP contribution >= 0.6 is 0 Å². The first-order valence-electron chi connectivity index (χ1n) is 7.99. The first-order valence-corrected chi connectivity index (χ1v) is 7.99. The van der Waals surface area contributed by atoms with Gasteiger partial charge in [-0.2, -0.15) is 0 Å². The summed E-state index contributed by atoms with van der Waals surface area (Å²) in [5, 5.41) is 10.5. The topological polar surface area (TPSA) is 32.7 Å². The lowest BCUT2D eigenvalue weighted by Gasteiger charge is -2.56. The Kier molecular flexibility index (Phi) is 2.16. The van der Waals surface area contributed by atoms with E-state index in [0.717, 1.165) is 25.1 Å². The Morgan fingerprint density at radius 2 is 2.19 bits per heavy atom. The molecule has 5 atom stereocenters. The smallest absolute Gasteiger partial charge is 0.138 e. The number of ether oxygens (including phenoxy) is 1. The number of nitrogens with zero attached hydrogens (tertiary/aromatic N) is 1. The largest absolute Gasteiger partial charge is 0.486 e. The first-order chi connectivity index (χ1) is 10.1. The fraction of sp³-hybridized carbons (Fsp3) is 0.556. The molecule has 1 saturated heterocycles. The van der Waals surface area contributed by atoms with Gasteiger partial charge in [-0.1, -0.05) is 24.3 Å². The number of aliphatic hydroxyl groups is 1. The van der Waals surface area contributed by atoms with Crippen molar-refractivity contribution in [2.45, 2.75) is 43.4 Å². The number of likely N-dealkylation sites (N-methyl/N-ethyl adjacent to an activating group) is 1. The van der Waals surface area contributed by atoms with Gasteiger partial charge in [-0.05, 0) is 44.5 Å². The van der Waals surface area contributed by atoms with Crippen LogP contribution in [-0.4, -0.2) is 41.8 Å². The van der Waals surface area contributed by atoms with Crippen LogP contribution in [0.2, 0.25) is 0 Å². The molecule has 2 unspecified atom stereocenters. The molecular weight excluding hydrogens is 262 g/mol. The Morgan fingerprint density at radius 3 is 3.05 bits per heavy atom. The van der Waals surface area contributed by atoms with Crippen LogP contribution < -0.4 is 4.74 Å². The zero-order chi connectivity index (χ0) is 14.4. The summed E-state index contributed by atoms with van der Waals surface area (Å²) >= 11 is 0. The second-order valence-electron chi connectivity index (χ2n) is 7.23. The molecule has 1 N–H and O–H groups in total. The summed E-state index contributed by atoms with van der Waals surface area (Å²) in [6, 6.07) is 5.00. The Balaban J connectivity index is 1.84. The highest BCUT2D eigenvalue weighted by Gasteiger charge is 2.63. The molecular formula is C18H21NO2. The zero-order valence-electron chi connectivity index (χ0n) is 12.5. The molecule has 1 fully saturated rings. The van der Waals surface area contributed by atoms with E-state index in [2.05, 4.69) is 37.1 Å². The first kappa shape index (κ1) is 12.2. The number of likely N-dealkylation sites (tertiary alicyclic amines) is 1. The summed E-state index contributed by atoms with van der Waals surface area (Å²) in [5.41, 5.74) is 4.07. The molecule has 1 aromatic rings. The zero-order valence-corrected chi connectivity index (χ0v) is 12.5. The third kappa shape index (κ3) is 1.24. The molecule has 0 saturated carbocycles. The van der Waals surface area contributed by atoms with Crippen molar-refractivity contribution < 1.29 is 9.84 Å². The van der Waals surface area contributed by atoms with Gasteiger partial charge in [-0.25, -0.2) is 0 Å². The van der Waals surface area contributed by atoms with E-state index >= 15 is 0 Å². The fourth-order valence-corrected chi connectivity index (χ4v) is 5.39. The van der Waals surface area contributed by atoms with Gasteiger partial charge in [0.2, 0.25) is 0 Å². The van der Waals surface area contributed by atoms with Crippen LogP contribution in [0.3, 0.4) is 0 Å².